The van der Waals surface area contributed by atoms with Gasteiger partial charge < -0.3 is 10.5 Å². The van der Waals surface area contributed by atoms with Gasteiger partial charge >= 0.3 is 0 Å². The Bertz CT molecular complexity index is 738. The Kier molecular flexibility index (Phi) is 3.04. The van der Waals surface area contributed by atoms with Crippen molar-refractivity contribution in [2.24, 2.45) is 0 Å². The molecule has 0 unspecified atom stereocenters. The van der Waals surface area contributed by atoms with Crippen molar-refractivity contribution in [2.75, 3.05) is 12.8 Å². The molecule has 0 atom stereocenters. The number of aromatic nitrogens is 4. The van der Waals surface area contributed by atoms with Crippen LogP contribution >= 0.6 is 0 Å². The van der Waals surface area contributed by atoms with Crippen molar-refractivity contribution in [1.82, 2.24) is 19.7 Å². The third-order valence-electron chi connectivity index (χ3n) is 2.83. The second-order valence-corrected chi connectivity index (χ2v) is 4.20. The monoisotopic (exact) mass is 267 g/mol. The zero-order valence-corrected chi connectivity index (χ0v) is 10.9. The first-order chi connectivity index (χ1) is 9.76. The van der Waals surface area contributed by atoms with Crippen LogP contribution in [0.3, 0.4) is 0 Å². The van der Waals surface area contributed by atoms with Gasteiger partial charge in [-0.05, 0) is 17.7 Å². The standard InChI is InChI=1S/C14H13N5O/c1-20-13-5-6-16-14(18-13)19-9-11(8-17-19)10-3-2-4-12(15)7-10/h2-9H,15H2,1H3. The number of nitrogen functional groups attached to an aromatic ring is 1. The molecule has 100 valence electrons. The van der Waals surface area contributed by atoms with Crippen molar-refractivity contribution in [3.8, 4) is 23.0 Å². The summed E-state index contributed by atoms with van der Waals surface area (Å²) in [6.07, 6.45) is 5.23. The van der Waals surface area contributed by atoms with Crippen LogP contribution in [0, 0.1) is 0 Å². The molecule has 1 aromatic carbocycles. The first-order valence-electron chi connectivity index (χ1n) is 6.04. The molecule has 6 heteroatoms. The van der Waals surface area contributed by atoms with E-state index in [-0.39, 0.29) is 0 Å². The molecule has 2 aromatic heterocycles. The molecule has 0 fully saturated rings. The molecule has 0 aliphatic rings. The quantitative estimate of drug-likeness (QED) is 0.733. The third kappa shape index (κ3) is 2.31. The number of rotatable bonds is 3. The van der Waals surface area contributed by atoms with E-state index in [0.29, 0.717) is 17.5 Å². The van der Waals surface area contributed by atoms with Crippen molar-refractivity contribution in [3.63, 3.8) is 0 Å². The molecule has 0 saturated heterocycles. The van der Waals surface area contributed by atoms with Gasteiger partial charge in [0.1, 0.15) is 0 Å². The molecular formula is C14H13N5O. The molecule has 3 aromatic rings. The molecule has 3 rings (SSSR count). The van der Waals surface area contributed by atoms with Gasteiger partial charge in [-0.25, -0.2) is 9.67 Å². The van der Waals surface area contributed by atoms with Gasteiger partial charge in [0.2, 0.25) is 5.88 Å². The molecule has 0 saturated carbocycles. The summed E-state index contributed by atoms with van der Waals surface area (Å²) in [6.45, 7) is 0. The molecule has 0 aliphatic carbocycles. The minimum Gasteiger partial charge on any atom is -0.481 e. The van der Waals surface area contributed by atoms with Gasteiger partial charge in [-0.1, -0.05) is 12.1 Å². The number of anilines is 1. The van der Waals surface area contributed by atoms with Crippen molar-refractivity contribution >= 4 is 5.69 Å². The highest BCUT2D eigenvalue weighted by Crippen LogP contribution is 2.21. The highest BCUT2D eigenvalue weighted by Gasteiger charge is 2.06. The molecule has 20 heavy (non-hydrogen) atoms. The summed E-state index contributed by atoms with van der Waals surface area (Å²) >= 11 is 0. The van der Waals surface area contributed by atoms with Crippen LogP contribution in [0.25, 0.3) is 17.1 Å². The maximum absolute atomic E-state index is 5.78. The van der Waals surface area contributed by atoms with Gasteiger partial charge in [-0.2, -0.15) is 10.1 Å². The maximum atomic E-state index is 5.78. The summed E-state index contributed by atoms with van der Waals surface area (Å²) in [5.74, 6) is 0.954. The first-order valence-corrected chi connectivity index (χ1v) is 6.04. The minimum absolute atomic E-state index is 0.458. The lowest BCUT2D eigenvalue weighted by molar-refractivity contribution is 0.395. The highest BCUT2D eigenvalue weighted by molar-refractivity contribution is 5.66. The normalized spacial score (nSPS) is 10.4. The lowest BCUT2D eigenvalue weighted by Gasteiger charge is -2.01. The molecule has 6 nitrogen and oxygen atoms in total. The van der Waals surface area contributed by atoms with E-state index in [4.69, 9.17) is 10.5 Å². The molecule has 2 N–H and O–H groups in total. The van der Waals surface area contributed by atoms with Gasteiger partial charge in [0.25, 0.3) is 5.95 Å². The van der Waals surface area contributed by atoms with E-state index in [9.17, 15) is 0 Å². The fourth-order valence-corrected chi connectivity index (χ4v) is 1.86. The summed E-state index contributed by atoms with van der Waals surface area (Å²) in [7, 11) is 1.56. The third-order valence-corrected chi connectivity index (χ3v) is 2.83. The van der Waals surface area contributed by atoms with E-state index in [1.54, 1.807) is 30.3 Å². The van der Waals surface area contributed by atoms with E-state index in [1.807, 2.05) is 30.5 Å². The fraction of sp³-hybridized carbons (Fsp3) is 0.0714. The van der Waals surface area contributed by atoms with Crippen LogP contribution < -0.4 is 10.5 Å². The average Bonchev–Trinajstić information content (AvgIpc) is 2.97. The molecule has 0 bridgehead atoms. The van der Waals surface area contributed by atoms with E-state index < -0.39 is 0 Å². The molecule has 0 spiro atoms. The summed E-state index contributed by atoms with van der Waals surface area (Å²) in [5.41, 5.74) is 8.45. The van der Waals surface area contributed by atoms with Crippen LogP contribution in [0.1, 0.15) is 0 Å². The SMILES string of the molecule is COc1ccnc(-n2cc(-c3cccc(N)c3)cn2)n1. The van der Waals surface area contributed by atoms with Crippen LogP contribution in [0.4, 0.5) is 5.69 Å². The minimum atomic E-state index is 0.458. The number of ether oxygens (including phenoxy) is 1. The topological polar surface area (TPSA) is 78.9 Å². The Morgan fingerprint density at radius 2 is 2.10 bits per heavy atom. The first kappa shape index (κ1) is 12.2. The van der Waals surface area contributed by atoms with Crippen LogP contribution in [-0.4, -0.2) is 26.9 Å². The molecule has 0 amide bonds. The summed E-state index contributed by atoms with van der Waals surface area (Å²) in [5, 5.41) is 4.26. The van der Waals surface area contributed by atoms with Crippen LogP contribution in [0.5, 0.6) is 5.88 Å². The molecule has 2 heterocycles. The van der Waals surface area contributed by atoms with Gasteiger partial charge in [0.15, 0.2) is 0 Å². The van der Waals surface area contributed by atoms with Crippen molar-refractivity contribution in [3.05, 3.63) is 48.9 Å². The number of hydrogen-bond acceptors (Lipinski definition) is 5. The Balaban J connectivity index is 1.97. The Morgan fingerprint density at radius 3 is 2.90 bits per heavy atom. The van der Waals surface area contributed by atoms with Crippen LogP contribution in [-0.2, 0) is 0 Å². The van der Waals surface area contributed by atoms with Gasteiger partial charge in [-0.3, -0.25) is 0 Å². The molecule has 0 aliphatic heterocycles. The Morgan fingerprint density at radius 1 is 1.20 bits per heavy atom. The summed E-state index contributed by atoms with van der Waals surface area (Å²) < 4.78 is 6.67. The zero-order chi connectivity index (χ0) is 13.9. The van der Waals surface area contributed by atoms with Gasteiger partial charge in [0.05, 0.1) is 13.3 Å². The van der Waals surface area contributed by atoms with Crippen LogP contribution in [0.2, 0.25) is 0 Å². The number of nitrogens with two attached hydrogens (primary N) is 1. The number of methoxy groups -OCH3 is 1. The van der Waals surface area contributed by atoms with E-state index in [2.05, 4.69) is 15.1 Å². The zero-order valence-electron chi connectivity index (χ0n) is 10.9. The molecular weight excluding hydrogens is 254 g/mol. The van der Waals surface area contributed by atoms with Gasteiger partial charge in [0, 0.05) is 29.7 Å². The van der Waals surface area contributed by atoms with E-state index in [1.165, 1.54) is 0 Å². The number of hydrogen-bond donors (Lipinski definition) is 1. The lowest BCUT2D eigenvalue weighted by atomic mass is 10.1. The van der Waals surface area contributed by atoms with Crippen molar-refractivity contribution in [1.29, 1.82) is 0 Å². The van der Waals surface area contributed by atoms with Crippen LogP contribution in [0.15, 0.2) is 48.9 Å². The van der Waals surface area contributed by atoms with E-state index >= 15 is 0 Å². The molecule has 0 radical (unpaired) electrons. The smallest absolute Gasteiger partial charge is 0.253 e. The Labute approximate surface area is 115 Å². The second-order valence-electron chi connectivity index (χ2n) is 4.20. The largest absolute Gasteiger partial charge is 0.481 e. The van der Waals surface area contributed by atoms with Gasteiger partial charge in [-0.15, -0.1) is 0 Å². The maximum Gasteiger partial charge on any atom is 0.253 e. The van der Waals surface area contributed by atoms with E-state index in [0.717, 1.165) is 11.1 Å². The second kappa shape index (κ2) is 5.00. The highest BCUT2D eigenvalue weighted by atomic mass is 16.5. The van der Waals surface area contributed by atoms with Crippen molar-refractivity contribution in [2.45, 2.75) is 0 Å². The van der Waals surface area contributed by atoms with Crippen molar-refractivity contribution < 1.29 is 4.74 Å². The predicted octanol–water partition coefficient (Wildman–Crippen LogP) is 1.92. The number of benzene rings is 1. The number of nitrogens with zero attached hydrogens (tertiary/aromatic N) is 4. The predicted molar refractivity (Wildman–Crippen MR) is 75.6 cm³/mol. The average molecular weight is 267 g/mol. The fourth-order valence-electron chi connectivity index (χ4n) is 1.86. The lowest BCUT2D eigenvalue weighted by Crippen LogP contribution is -2.02. The Hall–Kier alpha value is -2.89. The summed E-state index contributed by atoms with van der Waals surface area (Å²) in [4.78, 5) is 8.40. The summed E-state index contributed by atoms with van der Waals surface area (Å²) in [6, 6.07) is 9.31.